The number of rotatable bonds is 5. The van der Waals surface area contributed by atoms with Crippen molar-refractivity contribution >= 4 is 5.91 Å². The first-order valence-electron chi connectivity index (χ1n) is 6.79. The predicted molar refractivity (Wildman–Crippen MR) is 72.5 cm³/mol. The summed E-state index contributed by atoms with van der Waals surface area (Å²) in [6, 6.07) is 5.89. The summed E-state index contributed by atoms with van der Waals surface area (Å²) >= 11 is 0. The molecule has 0 saturated heterocycles. The van der Waals surface area contributed by atoms with Gasteiger partial charge in [0.25, 0.3) is 5.91 Å². The Morgan fingerprint density at radius 2 is 2.10 bits per heavy atom. The molecule has 1 aromatic carbocycles. The average molecular weight is 290 g/mol. The molecule has 6 nitrogen and oxygen atoms in total. The molecule has 110 valence electrons. The van der Waals surface area contributed by atoms with Crippen LogP contribution in [-0.2, 0) is 0 Å². The number of aliphatic hydroxyl groups excluding tert-OH is 1. The number of aliphatic hydroxyl groups is 1. The molecule has 21 heavy (non-hydrogen) atoms. The summed E-state index contributed by atoms with van der Waals surface area (Å²) in [6.45, 7) is 0.223. The minimum atomic E-state index is -0.343. The number of nitrogens with zero attached hydrogens (tertiary/aromatic N) is 4. The summed E-state index contributed by atoms with van der Waals surface area (Å²) in [5.41, 5.74) is 0.801. The molecule has 0 aliphatic heterocycles. The molecule has 1 aliphatic rings. The Morgan fingerprint density at radius 3 is 2.71 bits per heavy atom. The molecule has 0 unspecified atom stereocenters. The standard InChI is InChI=1S/C14H15FN4O2/c15-10-1-3-12(4-2-10)19-16-9-13(17-19)14(21)18(7-8-20)11-5-6-11/h1-4,9,11,20H,5-8H2. The summed E-state index contributed by atoms with van der Waals surface area (Å²) in [4.78, 5) is 15.3. The Hall–Kier alpha value is -2.28. The lowest BCUT2D eigenvalue weighted by molar-refractivity contribution is 0.0701. The van der Waals surface area contributed by atoms with Crippen molar-refractivity contribution in [2.45, 2.75) is 18.9 Å². The second kappa shape index (κ2) is 5.61. The van der Waals surface area contributed by atoms with E-state index in [2.05, 4.69) is 10.2 Å². The third kappa shape index (κ3) is 2.92. The summed E-state index contributed by atoms with van der Waals surface area (Å²) in [7, 11) is 0. The van der Waals surface area contributed by atoms with Gasteiger partial charge >= 0.3 is 0 Å². The number of hydrogen-bond acceptors (Lipinski definition) is 4. The van der Waals surface area contributed by atoms with Crippen molar-refractivity contribution in [3.63, 3.8) is 0 Å². The van der Waals surface area contributed by atoms with Crippen molar-refractivity contribution in [2.24, 2.45) is 0 Å². The minimum Gasteiger partial charge on any atom is -0.395 e. The van der Waals surface area contributed by atoms with Gasteiger partial charge in [-0.15, -0.1) is 5.10 Å². The van der Waals surface area contributed by atoms with Gasteiger partial charge in [0.2, 0.25) is 0 Å². The third-order valence-corrected chi connectivity index (χ3v) is 3.36. The van der Waals surface area contributed by atoms with Crippen molar-refractivity contribution in [2.75, 3.05) is 13.2 Å². The van der Waals surface area contributed by atoms with Crippen LogP contribution in [-0.4, -0.2) is 50.1 Å². The smallest absolute Gasteiger partial charge is 0.276 e. The molecule has 1 aromatic heterocycles. The second-order valence-corrected chi connectivity index (χ2v) is 4.95. The zero-order valence-corrected chi connectivity index (χ0v) is 11.3. The fourth-order valence-corrected chi connectivity index (χ4v) is 2.15. The lowest BCUT2D eigenvalue weighted by Gasteiger charge is -2.19. The van der Waals surface area contributed by atoms with E-state index in [-0.39, 0.29) is 30.1 Å². The summed E-state index contributed by atoms with van der Waals surface area (Å²) in [5, 5.41) is 17.2. The molecule has 1 saturated carbocycles. The average Bonchev–Trinajstić information content (AvgIpc) is 3.21. The Balaban J connectivity index is 1.80. The van der Waals surface area contributed by atoms with E-state index in [4.69, 9.17) is 5.11 Å². The van der Waals surface area contributed by atoms with Gasteiger partial charge in [-0.1, -0.05) is 0 Å². The SMILES string of the molecule is O=C(c1cnn(-c2ccc(F)cc2)n1)N(CCO)C1CC1. The number of halogens is 1. The highest BCUT2D eigenvalue weighted by atomic mass is 19.1. The molecule has 1 aliphatic carbocycles. The van der Waals surface area contributed by atoms with E-state index in [1.54, 1.807) is 4.90 Å². The number of aromatic nitrogens is 3. The number of amides is 1. The largest absolute Gasteiger partial charge is 0.395 e. The predicted octanol–water partition coefficient (Wildman–Crippen LogP) is 1.00. The van der Waals surface area contributed by atoms with Crippen molar-refractivity contribution in [3.05, 3.63) is 42.0 Å². The first-order valence-corrected chi connectivity index (χ1v) is 6.79. The maximum atomic E-state index is 12.9. The quantitative estimate of drug-likeness (QED) is 0.892. The lowest BCUT2D eigenvalue weighted by Crippen LogP contribution is -2.35. The number of benzene rings is 1. The third-order valence-electron chi connectivity index (χ3n) is 3.36. The van der Waals surface area contributed by atoms with Gasteiger partial charge in [0.05, 0.1) is 18.5 Å². The van der Waals surface area contributed by atoms with Crippen molar-refractivity contribution in [1.29, 1.82) is 0 Å². The van der Waals surface area contributed by atoms with Crippen molar-refractivity contribution in [1.82, 2.24) is 19.9 Å². The second-order valence-electron chi connectivity index (χ2n) is 4.95. The highest BCUT2D eigenvalue weighted by Gasteiger charge is 2.33. The first-order chi connectivity index (χ1) is 10.2. The molecule has 0 atom stereocenters. The maximum absolute atomic E-state index is 12.9. The monoisotopic (exact) mass is 290 g/mol. The Bertz CT molecular complexity index is 637. The van der Waals surface area contributed by atoms with Gasteiger partial charge in [0, 0.05) is 12.6 Å². The Morgan fingerprint density at radius 1 is 1.38 bits per heavy atom. The zero-order chi connectivity index (χ0) is 14.8. The zero-order valence-electron chi connectivity index (χ0n) is 11.3. The van der Waals surface area contributed by atoms with Crippen LogP contribution >= 0.6 is 0 Å². The first kappa shape index (κ1) is 13.7. The van der Waals surface area contributed by atoms with Gasteiger partial charge in [0.1, 0.15) is 5.82 Å². The highest BCUT2D eigenvalue weighted by molar-refractivity contribution is 5.92. The number of hydrogen-bond donors (Lipinski definition) is 1. The van der Waals surface area contributed by atoms with Gasteiger partial charge in [0.15, 0.2) is 5.69 Å². The molecular formula is C14H15FN4O2. The molecule has 3 rings (SSSR count). The van der Waals surface area contributed by atoms with Gasteiger partial charge < -0.3 is 10.0 Å². The Kier molecular flexibility index (Phi) is 3.66. The summed E-state index contributed by atoms with van der Waals surface area (Å²) in [5.74, 6) is -0.579. The number of carbonyl (C=O) groups is 1. The van der Waals surface area contributed by atoms with Crippen LogP contribution in [0.25, 0.3) is 5.69 Å². The van der Waals surface area contributed by atoms with Crippen LogP contribution in [0.5, 0.6) is 0 Å². The van der Waals surface area contributed by atoms with Crippen LogP contribution in [0.1, 0.15) is 23.3 Å². The molecule has 1 fully saturated rings. The van der Waals surface area contributed by atoms with E-state index >= 15 is 0 Å². The molecule has 7 heteroatoms. The van der Waals surface area contributed by atoms with Crippen LogP contribution in [0.3, 0.4) is 0 Å². The van der Waals surface area contributed by atoms with Gasteiger partial charge in [-0.2, -0.15) is 9.90 Å². The number of carbonyl (C=O) groups excluding carboxylic acids is 1. The van der Waals surface area contributed by atoms with Crippen LogP contribution in [0.4, 0.5) is 4.39 Å². The van der Waals surface area contributed by atoms with E-state index in [0.29, 0.717) is 12.2 Å². The molecular weight excluding hydrogens is 275 g/mol. The van der Waals surface area contributed by atoms with Gasteiger partial charge in [-0.05, 0) is 37.1 Å². The van der Waals surface area contributed by atoms with E-state index < -0.39 is 0 Å². The topological polar surface area (TPSA) is 71.2 Å². The molecule has 0 radical (unpaired) electrons. The van der Waals surface area contributed by atoms with Crippen LogP contribution in [0.2, 0.25) is 0 Å². The fourth-order valence-electron chi connectivity index (χ4n) is 2.15. The van der Waals surface area contributed by atoms with E-state index in [1.807, 2.05) is 0 Å². The minimum absolute atomic E-state index is 0.0751. The molecule has 0 spiro atoms. The highest BCUT2D eigenvalue weighted by Crippen LogP contribution is 2.27. The van der Waals surface area contributed by atoms with E-state index in [9.17, 15) is 9.18 Å². The Labute approximate surface area is 120 Å². The lowest BCUT2D eigenvalue weighted by atomic mass is 10.3. The van der Waals surface area contributed by atoms with Crippen LogP contribution in [0, 0.1) is 5.82 Å². The summed E-state index contributed by atoms with van der Waals surface area (Å²) in [6.07, 6.45) is 3.30. The summed E-state index contributed by atoms with van der Waals surface area (Å²) < 4.78 is 12.9. The van der Waals surface area contributed by atoms with Gasteiger partial charge in [-0.25, -0.2) is 4.39 Å². The fraction of sp³-hybridized carbons (Fsp3) is 0.357. The molecule has 1 heterocycles. The van der Waals surface area contributed by atoms with Crippen molar-refractivity contribution in [3.8, 4) is 5.69 Å². The van der Waals surface area contributed by atoms with Crippen molar-refractivity contribution < 1.29 is 14.3 Å². The van der Waals surface area contributed by atoms with E-state index in [1.165, 1.54) is 35.3 Å². The molecule has 1 amide bonds. The van der Waals surface area contributed by atoms with Gasteiger partial charge in [-0.3, -0.25) is 4.79 Å². The van der Waals surface area contributed by atoms with Crippen LogP contribution in [0.15, 0.2) is 30.5 Å². The van der Waals surface area contributed by atoms with E-state index in [0.717, 1.165) is 12.8 Å². The van der Waals surface area contributed by atoms with Crippen LogP contribution < -0.4 is 0 Å². The molecule has 1 N–H and O–H groups in total. The molecule has 2 aromatic rings. The maximum Gasteiger partial charge on any atom is 0.276 e. The normalized spacial score (nSPS) is 14.2. The molecule has 0 bridgehead atoms.